The van der Waals surface area contributed by atoms with Crippen molar-refractivity contribution in [3.8, 4) is 11.3 Å². The van der Waals surface area contributed by atoms with Gasteiger partial charge in [-0.05, 0) is 36.8 Å². The lowest BCUT2D eigenvalue weighted by molar-refractivity contribution is 0.0741. The van der Waals surface area contributed by atoms with Crippen LogP contribution >= 0.6 is 0 Å². The Morgan fingerprint density at radius 3 is 2.34 bits per heavy atom. The van der Waals surface area contributed by atoms with E-state index in [4.69, 9.17) is 0 Å². The zero-order valence-corrected chi connectivity index (χ0v) is 16.0. The molecule has 0 aliphatic carbocycles. The highest BCUT2D eigenvalue weighted by atomic mass is 19.1. The summed E-state index contributed by atoms with van der Waals surface area (Å²) in [6.45, 7) is 4.01. The van der Waals surface area contributed by atoms with Gasteiger partial charge in [0.05, 0.1) is 11.3 Å². The molecule has 3 aromatic rings. The Balaban J connectivity index is 1.42. The van der Waals surface area contributed by atoms with Crippen LogP contribution in [0.2, 0.25) is 0 Å². The van der Waals surface area contributed by atoms with Crippen LogP contribution in [0.3, 0.4) is 0 Å². The third kappa shape index (κ3) is 3.94. The highest BCUT2D eigenvalue weighted by molar-refractivity contribution is 5.94. The van der Waals surface area contributed by atoms with Crippen molar-refractivity contribution in [2.24, 2.45) is 0 Å². The molecule has 0 radical (unpaired) electrons. The molecule has 2 aromatic carbocycles. The fraction of sp³-hybridized carbons (Fsp3) is 0.227. The minimum Gasteiger partial charge on any atom is -0.352 e. The lowest BCUT2D eigenvalue weighted by atomic mass is 10.1. The summed E-state index contributed by atoms with van der Waals surface area (Å²) in [4.78, 5) is 16.1. The van der Waals surface area contributed by atoms with Crippen LogP contribution in [0.4, 0.5) is 14.6 Å². The first-order valence-corrected chi connectivity index (χ1v) is 9.42. The van der Waals surface area contributed by atoms with E-state index in [2.05, 4.69) is 10.2 Å². The predicted molar refractivity (Wildman–Crippen MR) is 107 cm³/mol. The van der Waals surface area contributed by atoms with Crippen molar-refractivity contribution in [2.45, 2.75) is 6.92 Å². The Bertz CT molecular complexity index is 1030. The van der Waals surface area contributed by atoms with Gasteiger partial charge in [-0.25, -0.2) is 8.78 Å². The molecule has 0 unspecified atom stereocenters. The van der Waals surface area contributed by atoms with E-state index in [1.54, 1.807) is 4.90 Å². The Hall–Kier alpha value is -3.35. The second-order valence-electron chi connectivity index (χ2n) is 7.00. The summed E-state index contributed by atoms with van der Waals surface area (Å²) in [6, 6.07) is 14.9. The molecule has 0 saturated carbocycles. The van der Waals surface area contributed by atoms with Crippen LogP contribution in [0.25, 0.3) is 11.3 Å². The molecule has 2 heterocycles. The van der Waals surface area contributed by atoms with Gasteiger partial charge in [-0.15, -0.1) is 10.2 Å². The zero-order chi connectivity index (χ0) is 20.4. The van der Waals surface area contributed by atoms with E-state index in [1.807, 2.05) is 48.2 Å². The average Bonchev–Trinajstić information content (AvgIpc) is 2.74. The van der Waals surface area contributed by atoms with E-state index < -0.39 is 17.5 Å². The zero-order valence-electron chi connectivity index (χ0n) is 16.0. The molecule has 0 bridgehead atoms. The molecule has 0 N–H and O–H groups in total. The third-order valence-corrected chi connectivity index (χ3v) is 5.12. The van der Waals surface area contributed by atoms with Crippen LogP contribution in [0, 0.1) is 18.6 Å². The molecule has 1 aliphatic rings. The van der Waals surface area contributed by atoms with Crippen LogP contribution in [-0.4, -0.2) is 47.2 Å². The largest absolute Gasteiger partial charge is 0.352 e. The van der Waals surface area contributed by atoms with Crippen molar-refractivity contribution in [1.82, 2.24) is 15.1 Å². The molecule has 7 heteroatoms. The van der Waals surface area contributed by atoms with Crippen molar-refractivity contribution >= 4 is 11.7 Å². The number of hydrogen-bond donors (Lipinski definition) is 0. The monoisotopic (exact) mass is 394 g/mol. The first kappa shape index (κ1) is 19.0. The van der Waals surface area contributed by atoms with Gasteiger partial charge in [0.1, 0.15) is 11.6 Å². The number of rotatable bonds is 3. The standard InChI is InChI=1S/C22H20F2N4O/c1-15-4-2-3-5-17(15)20-8-9-21(26-25-20)27-10-12-28(13-11-27)22(29)18-7-6-16(23)14-19(18)24/h2-9,14H,10-13H2,1H3. The molecular formula is C22H20F2N4O. The van der Waals surface area contributed by atoms with Gasteiger partial charge in [0.15, 0.2) is 5.82 Å². The van der Waals surface area contributed by atoms with Crippen molar-refractivity contribution < 1.29 is 13.6 Å². The van der Waals surface area contributed by atoms with Gasteiger partial charge in [-0.1, -0.05) is 24.3 Å². The lowest BCUT2D eigenvalue weighted by Gasteiger charge is -2.35. The minimum absolute atomic E-state index is 0.109. The maximum Gasteiger partial charge on any atom is 0.256 e. The topological polar surface area (TPSA) is 49.3 Å². The SMILES string of the molecule is Cc1ccccc1-c1ccc(N2CCN(C(=O)c3ccc(F)cc3F)CC2)nn1. The number of hydrogen-bond acceptors (Lipinski definition) is 4. The quantitative estimate of drug-likeness (QED) is 0.680. The van der Waals surface area contributed by atoms with Gasteiger partial charge in [0.2, 0.25) is 0 Å². The van der Waals surface area contributed by atoms with E-state index in [9.17, 15) is 13.6 Å². The van der Waals surface area contributed by atoms with Crippen LogP contribution in [0.5, 0.6) is 0 Å². The van der Waals surface area contributed by atoms with Crippen LogP contribution < -0.4 is 4.90 Å². The summed E-state index contributed by atoms with van der Waals surface area (Å²) in [5, 5.41) is 8.69. The van der Waals surface area contributed by atoms with Crippen LogP contribution in [0.1, 0.15) is 15.9 Å². The first-order valence-electron chi connectivity index (χ1n) is 9.42. The van der Waals surface area contributed by atoms with E-state index in [1.165, 1.54) is 6.07 Å². The summed E-state index contributed by atoms with van der Waals surface area (Å²) >= 11 is 0. The molecule has 0 spiro atoms. The normalized spacial score (nSPS) is 14.2. The van der Waals surface area contributed by atoms with Crippen molar-refractivity contribution in [1.29, 1.82) is 0 Å². The van der Waals surface area contributed by atoms with E-state index >= 15 is 0 Å². The number of carbonyl (C=O) groups excluding carboxylic acids is 1. The molecule has 0 atom stereocenters. The minimum atomic E-state index is -0.838. The second kappa shape index (κ2) is 7.95. The summed E-state index contributed by atoms with van der Waals surface area (Å²) < 4.78 is 27.0. The van der Waals surface area contributed by atoms with Gasteiger partial charge in [0.25, 0.3) is 5.91 Å². The number of anilines is 1. The number of nitrogens with zero attached hydrogens (tertiary/aromatic N) is 4. The van der Waals surface area contributed by atoms with Gasteiger partial charge in [0, 0.05) is 37.8 Å². The molecule has 1 saturated heterocycles. The van der Waals surface area contributed by atoms with Gasteiger partial charge < -0.3 is 9.80 Å². The fourth-order valence-corrected chi connectivity index (χ4v) is 3.47. The number of carbonyl (C=O) groups is 1. The number of benzene rings is 2. The number of halogens is 2. The average molecular weight is 394 g/mol. The second-order valence-corrected chi connectivity index (χ2v) is 7.00. The molecule has 1 aliphatic heterocycles. The number of piperazine rings is 1. The lowest BCUT2D eigenvalue weighted by Crippen LogP contribution is -2.49. The Labute approximate surface area is 167 Å². The molecule has 29 heavy (non-hydrogen) atoms. The maximum absolute atomic E-state index is 13.9. The molecule has 5 nitrogen and oxygen atoms in total. The third-order valence-electron chi connectivity index (χ3n) is 5.12. The van der Waals surface area contributed by atoms with E-state index in [0.29, 0.717) is 26.2 Å². The Morgan fingerprint density at radius 2 is 1.69 bits per heavy atom. The molecule has 4 rings (SSSR count). The van der Waals surface area contributed by atoms with E-state index in [0.717, 1.165) is 34.8 Å². The van der Waals surface area contributed by atoms with Crippen LogP contribution in [-0.2, 0) is 0 Å². The first-order chi connectivity index (χ1) is 14.0. The molecule has 1 aromatic heterocycles. The van der Waals surface area contributed by atoms with Crippen molar-refractivity contribution in [2.75, 3.05) is 31.1 Å². The highest BCUT2D eigenvalue weighted by Crippen LogP contribution is 2.22. The number of aryl methyl sites for hydroxylation is 1. The smallest absolute Gasteiger partial charge is 0.256 e. The molecule has 1 fully saturated rings. The number of amides is 1. The number of aromatic nitrogens is 2. The summed E-state index contributed by atoms with van der Waals surface area (Å²) in [5.74, 6) is -1.22. The van der Waals surface area contributed by atoms with Crippen LogP contribution in [0.15, 0.2) is 54.6 Å². The fourth-order valence-electron chi connectivity index (χ4n) is 3.47. The van der Waals surface area contributed by atoms with Gasteiger partial charge >= 0.3 is 0 Å². The van der Waals surface area contributed by atoms with E-state index in [-0.39, 0.29) is 5.56 Å². The Morgan fingerprint density at radius 1 is 0.931 bits per heavy atom. The van der Waals surface area contributed by atoms with Gasteiger partial charge in [-0.2, -0.15) is 0 Å². The summed E-state index contributed by atoms with van der Waals surface area (Å²) in [5.41, 5.74) is 2.88. The molecule has 148 valence electrons. The highest BCUT2D eigenvalue weighted by Gasteiger charge is 2.25. The predicted octanol–water partition coefficient (Wildman–Crippen LogP) is 3.69. The maximum atomic E-state index is 13.9. The molecular weight excluding hydrogens is 374 g/mol. The van der Waals surface area contributed by atoms with Gasteiger partial charge in [-0.3, -0.25) is 4.79 Å². The van der Waals surface area contributed by atoms with Crippen molar-refractivity contribution in [3.63, 3.8) is 0 Å². The van der Waals surface area contributed by atoms with Crippen molar-refractivity contribution in [3.05, 3.63) is 77.4 Å². The summed E-state index contributed by atoms with van der Waals surface area (Å²) in [7, 11) is 0. The molecule has 1 amide bonds. The summed E-state index contributed by atoms with van der Waals surface area (Å²) in [6.07, 6.45) is 0. The Kier molecular flexibility index (Phi) is 5.20.